The molecule has 0 saturated carbocycles. The van der Waals surface area contributed by atoms with Crippen molar-refractivity contribution < 1.29 is 23.9 Å². The average Bonchev–Trinajstić information content (AvgIpc) is 3.10. The highest BCUT2D eigenvalue weighted by Gasteiger charge is 2.54. The second-order valence-corrected chi connectivity index (χ2v) is 7.18. The lowest BCUT2D eigenvalue weighted by Gasteiger charge is -2.31. The lowest BCUT2D eigenvalue weighted by molar-refractivity contribution is -0.187. The SMILES string of the molecule is CCCC1=NOC(C(=O)O)(C(OCc2ccc(F)cc2)c2ccc(Cl)cc2)C1. The van der Waals surface area contributed by atoms with Crippen LogP contribution in [0.15, 0.2) is 53.7 Å². The van der Waals surface area contributed by atoms with Gasteiger partial charge in [0.1, 0.15) is 11.9 Å². The molecule has 0 radical (unpaired) electrons. The van der Waals surface area contributed by atoms with Crippen LogP contribution in [0, 0.1) is 5.82 Å². The van der Waals surface area contributed by atoms with Crippen molar-refractivity contribution in [2.75, 3.05) is 0 Å². The zero-order chi connectivity index (χ0) is 20.1. The number of halogens is 2. The van der Waals surface area contributed by atoms with E-state index in [1.54, 1.807) is 36.4 Å². The number of carbonyl (C=O) groups is 1. The Balaban J connectivity index is 1.91. The molecule has 1 aliphatic rings. The van der Waals surface area contributed by atoms with Gasteiger partial charge >= 0.3 is 5.97 Å². The van der Waals surface area contributed by atoms with Crippen LogP contribution in [0.2, 0.25) is 5.02 Å². The van der Waals surface area contributed by atoms with Crippen LogP contribution in [0.4, 0.5) is 4.39 Å². The second-order valence-electron chi connectivity index (χ2n) is 6.74. The van der Waals surface area contributed by atoms with Crippen LogP contribution in [0.3, 0.4) is 0 Å². The molecule has 1 heterocycles. The Bertz CT molecular complexity index is 854. The summed E-state index contributed by atoms with van der Waals surface area (Å²) in [4.78, 5) is 17.7. The van der Waals surface area contributed by atoms with Crippen molar-refractivity contribution in [3.63, 3.8) is 0 Å². The minimum Gasteiger partial charge on any atom is -0.478 e. The van der Waals surface area contributed by atoms with Crippen molar-refractivity contribution in [1.29, 1.82) is 0 Å². The Kier molecular flexibility index (Phi) is 6.31. The Morgan fingerprint density at radius 2 is 1.96 bits per heavy atom. The first-order valence-electron chi connectivity index (χ1n) is 9.03. The number of carboxylic acid groups (broad SMARTS) is 1. The van der Waals surface area contributed by atoms with E-state index in [4.69, 9.17) is 21.2 Å². The van der Waals surface area contributed by atoms with Gasteiger partial charge in [-0.3, -0.25) is 0 Å². The smallest absolute Gasteiger partial charge is 0.354 e. The summed E-state index contributed by atoms with van der Waals surface area (Å²) in [5.74, 6) is -1.50. The second kappa shape index (κ2) is 8.71. The largest absolute Gasteiger partial charge is 0.478 e. The van der Waals surface area contributed by atoms with E-state index < -0.39 is 17.7 Å². The summed E-state index contributed by atoms with van der Waals surface area (Å²) in [5, 5.41) is 14.6. The third-order valence-electron chi connectivity index (χ3n) is 4.63. The van der Waals surface area contributed by atoms with Crippen molar-refractivity contribution in [2.24, 2.45) is 5.16 Å². The molecule has 0 saturated heterocycles. The van der Waals surface area contributed by atoms with Crippen LogP contribution in [-0.4, -0.2) is 22.4 Å². The van der Waals surface area contributed by atoms with Crippen LogP contribution in [0.25, 0.3) is 0 Å². The first-order valence-corrected chi connectivity index (χ1v) is 9.41. The molecule has 0 fully saturated rings. The van der Waals surface area contributed by atoms with Gasteiger partial charge in [-0.1, -0.05) is 54.4 Å². The van der Waals surface area contributed by atoms with E-state index in [1.807, 2.05) is 6.92 Å². The van der Waals surface area contributed by atoms with Gasteiger partial charge in [0.05, 0.1) is 12.3 Å². The standard InChI is InChI=1S/C21H21ClFNO4/c1-2-3-18-12-21(20(25)26,28-24-18)19(15-6-8-16(22)9-7-15)27-13-14-4-10-17(23)11-5-14/h4-11,19H,2-3,12-13H2,1H3,(H,25,26). The molecule has 0 bridgehead atoms. The van der Waals surface area contributed by atoms with Gasteiger partial charge in [-0.2, -0.15) is 0 Å². The number of ether oxygens (including phenoxy) is 1. The lowest BCUT2D eigenvalue weighted by Crippen LogP contribution is -2.46. The number of nitrogens with zero attached hydrogens (tertiary/aromatic N) is 1. The van der Waals surface area contributed by atoms with Crippen molar-refractivity contribution >= 4 is 23.3 Å². The van der Waals surface area contributed by atoms with Crippen molar-refractivity contribution in [1.82, 2.24) is 0 Å². The minimum atomic E-state index is -1.67. The van der Waals surface area contributed by atoms with Crippen molar-refractivity contribution in [2.45, 2.75) is 44.5 Å². The first-order chi connectivity index (χ1) is 13.4. The summed E-state index contributed by atoms with van der Waals surface area (Å²) >= 11 is 5.98. The normalized spacial score (nSPS) is 19.8. The predicted octanol–water partition coefficient (Wildman–Crippen LogP) is 5.14. The molecule has 1 N–H and O–H groups in total. The molecule has 0 aliphatic carbocycles. The fourth-order valence-electron chi connectivity index (χ4n) is 3.20. The first kappa shape index (κ1) is 20.3. The molecule has 2 unspecified atom stereocenters. The van der Waals surface area contributed by atoms with E-state index >= 15 is 0 Å². The number of aliphatic carboxylic acids is 1. The number of carboxylic acids is 1. The van der Waals surface area contributed by atoms with E-state index in [9.17, 15) is 14.3 Å². The van der Waals surface area contributed by atoms with Gasteiger partial charge in [0.25, 0.3) is 5.60 Å². The topological polar surface area (TPSA) is 68.1 Å². The minimum absolute atomic E-state index is 0.0923. The van der Waals surface area contributed by atoms with E-state index in [0.717, 1.165) is 6.42 Å². The predicted molar refractivity (Wildman–Crippen MR) is 104 cm³/mol. The Morgan fingerprint density at radius 1 is 1.29 bits per heavy atom. The van der Waals surface area contributed by atoms with Crippen LogP contribution in [-0.2, 0) is 21.0 Å². The summed E-state index contributed by atoms with van der Waals surface area (Å²) in [6.45, 7) is 2.08. The molecular formula is C21H21ClFNO4. The highest BCUT2D eigenvalue weighted by atomic mass is 35.5. The molecule has 2 aromatic rings. The molecule has 2 aromatic carbocycles. The summed E-state index contributed by atoms with van der Waals surface area (Å²) < 4.78 is 19.2. The van der Waals surface area contributed by atoms with Crippen LogP contribution in [0.5, 0.6) is 0 Å². The Hall–Kier alpha value is -2.44. The van der Waals surface area contributed by atoms with E-state index in [2.05, 4.69) is 5.16 Å². The third kappa shape index (κ3) is 4.34. The summed E-state index contributed by atoms with van der Waals surface area (Å²) in [6, 6.07) is 12.6. The molecule has 1 aliphatic heterocycles. The summed E-state index contributed by atoms with van der Waals surface area (Å²) in [7, 11) is 0. The molecule has 28 heavy (non-hydrogen) atoms. The molecule has 0 amide bonds. The van der Waals surface area contributed by atoms with Crippen molar-refractivity contribution in [3.8, 4) is 0 Å². The molecule has 5 nitrogen and oxygen atoms in total. The fourth-order valence-corrected chi connectivity index (χ4v) is 3.33. The summed E-state index contributed by atoms with van der Waals surface area (Å²) in [6.07, 6.45) is 0.693. The maximum absolute atomic E-state index is 13.2. The van der Waals surface area contributed by atoms with Gasteiger partial charge in [-0.25, -0.2) is 9.18 Å². The van der Waals surface area contributed by atoms with Gasteiger partial charge in [-0.05, 0) is 41.8 Å². The van der Waals surface area contributed by atoms with Crippen LogP contribution in [0.1, 0.15) is 43.4 Å². The molecule has 148 valence electrons. The maximum Gasteiger partial charge on any atom is 0.354 e. The number of benzene rings is 2. The number of rotatable bonds is 8. The van der Waals surface area contributed by atoms with E-state index in [-0.39, 0.29) is 18.8 Å². The van der Waals surface area contributed by atoms with Gasteiger partial charge in [0, 0.05) is 11.4 Å². The van der Waals surface area contributed by atoms with Crippen molar-refractivity contribution in [3.05, 3.63) is 70.5 Å². The Labute approximate surface area is 167 Å². The maximum atomic E-state index is 13.2. The van der Waals surface area contributed by atoms with Gasteiger partial charge < -0.3 is 14.7 Å². The quantitative estimate of drug-likeness (QED) is 0.660. The number of hydrogen-bond acceptors (Lipinski definition) is 4. The van der Waals surface area contributed by atoms with Gasteiger partial charge in [0.15, 0.2) is 0 Å². The third-order valence-corrected chi connectivity index (χ3v) is 4.88. The Morgan fingerprint density at radius 3 is 2.57 bits per heavy atom. The number of oxime groups is 1. The van der Waals surface area contributed by atoms with Gasteiger partial charge in [-0.15, -0.1) is 0 Å². The highest BCUT2D eigenvalue weighted by molar-refractivity contribution is 6.30. The molecule has 2 atom stereocenters. The monoisotopic (exact) mass is 405 g/mol. The molecular weight excluding hydrogens is 385 g/mol. The average molecular weight is 406 g/mol. The molecule has 0 aromatic heterocycles. The lowest BCUT2D eigenvalue weighted by atomic mass is 9.85. The number of hydrogen-bond donors (Lipinski definition) is 1. The molecule has 7 heteroatoms. The zero-order valence-corrected chi connectivity index (χ0v) is 16.2. The van der Waals surface area contributed by atoms with E-state index in [1.165, 1.54) is 12.1 Å². The molecule has 0 spiro atoms. The fraction of sp³-hybridized carbons (Fsp3) is 0.333. The van der Waals surface area contributed by atoms with E-state index in [0.29, 0.717) is 28.3 Å². The summed E-state index contributed by atoms with van der Waals surface area (Å²) in [5.41, 5.74) is 0.350. The van der Waals surface area contributed by atoms with Gasteiger partial charge in [0.2, 0.25) is 0 Å². The van der Waals surface area contributed by atoms with Crippen LogP contribution >= 0.6 is 11.6 Å². The highest BCUT2D eigenvalue weighted by Crippen LogP contribution is 2.41. The molecule has 3 rings (SSSR count). The van der Waals surface area contributed by atoms with Crippen LogP contribution < -0.4 is 0 Å². The zero-order valence-electron chi connectivity index (χ0n) is 15.4.